The van der Waals surface area contributed by atoms with Gasteiger partial charge in [-0.15, -0.1) is 0 Å². The molecule has 1 aliphatic rings. The number of fused-ring (bicyclic) bond motifs is 1. The molecule has 1 aliphatic heterocycles. The van der Waals surface area contributed by atoms with Gasteiger partial charge in [0.2, 0.25) is 0 Å². The van der Waals surface area contributed by atoms with Crippen LogP contribution in [0, 0.1) is 0 Å². The van der Waals surface area contributed by atoms with Gasteiger partial charge >= 0.3 is 5.97 Å². The number of amides is 1. The molecule has 3 heterocycles. The van der Waals surface area contributed by atoms with Gasteiger partial charge in [-0.2, -0.15) is 0 Å². The number of nitrogens with one attached hydrogen (secondary N) is 1. The molecule has 7 heteroatoms. The summed E-state index contributed by atoms with van der Waals surface area (Å²) in [5.41, 5.74) is 1.51. The number of hydrogen-bond donors (Lipinski definition) is 1. The molecule has 1 saturated heterocycles. The van der Waals surface area contributed by atoms with Crippen LogP contribution < -0.4 is 5.32 Å². The van der Waals surface area contributed by atoms with Crippen molar-refractivity contribution < 1.29 is 23.5 Å². The Morgan fingerprint density at radius 1 is 1.21 bits per heavy atom. The molecule has 0 aliphatic carbocycles. The van der Waals surface area contributed by atoms with E-state index < -0.39 is 5.97 Å². The zero-order valence-electron chi connectivity index (χ0n) is 15.2. The second kappa shape index (κ2) is 8.22. The molecule has 144 valence electrons. The van der Waals surface area contributed by atoms with Gasteiger partial charge < -0.3 is 19.2 Å². The molecule has 1 N–H and O–H groups in total. The van der Waals surface area contributed by atoms with E-state index in [-0.39, 0.29) is 18.6 Å². The summed E-state index contributed by atoms with van der Waals surface area (Å²) in [4.78, 5) is 29.2. The summed E-state index contributed by atoms with van der Waals surface area (Å²) in [5, 5.41) is 3.39. The lowest BCUT2D eigenvalue weighted by atomic mass is 10.1. The molecule has 1 amide bonds. The van der Waals surface area contributed by atoms with E-state index in [1.807, 2.05) is 18.2 Å². The number of nitrogens with zero attached hydrogens (tertiary/aromatic N) is 1. The van der Waals surface area contributed by atoms with Gasteiger partial charge in [0, 0.05) is 18.5 Å². The molecular formula is C21H20N2O5. The van der Waals surface area contributed by atoms with Crippen molar-refractivity contribution in [3.8, 4) is 11.5 Å². The second-order valence-corrected chi connectivity index (χ2v) is 6.56. The van der Waals surface area contributed by atoms with Crippen LogP contribution in [-0.4, -0.2) is 42.7 Å². The summed E-state index contributed by atoms with van der Waals surface area (Å²) in [6.07, 6.45) is 3.52. The lowest BCUT2D eigenvalue weighted by Crippen LogP contribution is -2.34. The first-order valence-corrected chi connectivity index (χ1v) is 9.20. The highest BCUT2D eigenvalue weighted by molar-refractivity contribution is 6.05. The first-order valence-electron chi connectivity index (χ1n) is 9.20. The minimum absolute atomic E-state index is 0.0413. The maximum absolute atomic E-state index is 12.7. The third kappa shape index (κ3) is 4.04. The Hall–Kier alpha value is -3.19. The smallest absolute Gasteiger partial charge is 0.339 e. The fourth-order valence-corrected chi connectivity index (χ4v) is 3.19. The Kier molecular flexibility index (Phi) is 5.34. The molecule has 1 aromatic carbocycles. The number of carbonyl (C=O) groups is 2. The van der Waals surface area contributed by atoms with Crippen molar-refractivity contribution in [2.45, 2.75) is 18.9 Å². The van der Waals surface area contributed by atoms with E-state index in [1.54, 1.807) is 30.5 Å². The van der Waals surface area contributed by atoms with E-state index in [0.29, 0.717) is 34.5 Å². The Morgan fingerprint density at radius 3 is 2.89 bits per heavy atom. The highest BCUT2D eigenvalue weighted by atomic mass is 16.5. The van der Waals surface area contributed by atoms with Gasteiger partial charge in [0.25, 0.3) is 5.91 Å². The van der Waals surface area contributed by atoms with E-state index in [4.69, 9.17) is 13.9 Å². The van der Waals surface area contributed by atoms with Crippen LogP contribution in [0.3, 0.4) is 0 Å². The number of ether oxygens (including phenoxy) is 2. The van der Waals surface area contributed by atoms with Gasteiger partial charge in [-0.1, -0.05) is 18.2 Å². The second-order valence-electron chi connectivity index (χ2n) is 6.56. The molecule has 1 fully saturated rings. The molecule has 7 nitrogen and oxygen atoms in total. The van der Waals surface area contributed by atoms with E-state index in [2.05, 4.69) is 10.3 Å². The number of esters is 1. The number of hydrogen-bond acceptors (Lipinski definition) is 6. The van der Waals surface area contributed by atoms with Gasteiger partial charge in [0.1, 0.15) is 5.69 Å². The molecule has 4 rings (SSSR count). The Balaban J connectivity index is 1.47. The van der Waals surface area contributed by atoms with Crippen molar-refractivity contribution >= 4 is 22.8 Å². The van der Waals surface area contributed by atoms with Crippen LogP contribution in [0.4, 0.5) is 0 Å². The number of aromatic nitrogens is 1. The summed E-state index contributed by atoms with van der Waals surface area (Å²) in [5.74, 6) is -0.388. The molecular weight excluding hydrogens is 360 g/mol. The molecule has 3 aromatic rings. The highest BCUT2D eigenvalue weighted by Crippen LogP contribution is 2.25. The molecule has 0 radical (unpaired) electrons. The average Bonchev–Trinajstić information content (AvgIpc) is 3.43. The van der Waals surface area contributed by atoms with Crippen molar-refractivity contribution in [1.82, 2.24) is 10.3 Å². The van der Waals surface area contributed by atoms with E-state index in [1.165, 1.54) is 0 Å². The Labute approximate surface area is 161 Å². The van der Waals surface area contributed by atoms with Crippen LogP contribution in [0.15, 0.2) is 53.1 Å². The predicted octanol–water partition coefficient (Wildman–Crippen LogP) is 2.95. The van der Waals surface area contributed by atoms with Crippen LogP contribution >= 0.6 is 0 Å². The first-order chi connectivity index (χ1) is 13.7. The Bertz CT molecular complexity index is 978. The minimum Gasteiger partial charge on any atom is -0.463 e. The fourth-order valence-electron chi connectivity index (χ4n) is 3.19. The van der Waals surface area contributed by atoms with Crippen LogP contribution in [0.2, 0.25) is 0 Å². The number of furan rings is 1. The quantitative estimate of drug-likeness (QED) is 0.661. The van der Waals surface area contributed by atoms with Gasteiger partial charge in [0.15, 0.2) is 12.4 Å². The van der Waals surface area contributed by atoms with E-state index in [9.17, 15) is 9.59 Å². The number of pyridine rings is 1. The summed E-state index contributed by atoms with van der Waals surface area (Å²) < 4.78 is 16.1. The van der Waals surface area contributed by atoms with Crippen molar-refractivity contribution in [1.29, 1.82) is 0 Å². The van der Waals surface area contributed by atoms with Gasteiger partial charge in [-0.25, -0.2) is 9.78 Å². The summed E-state index contributed by atoms with van der Waals surface area (Å²) in [7, 11) is 0. The molecule has 1 unspecified atom stereocenters. The lowest BCUT2D eigenvalue weighted by molar-refractivity contribution is -0.124. The van der Waals surface area contributed by atoms with Crippen LogP contribution in [0.5, 0.6) is 0 Å². The third-order valence-corrected chi connectivity index (χ3v) is 4.59. The SMILES string of the molecule is O=C(COC(=O)c1cc(-c2ccco2)nc2ccccc12)NCC1CCCO1. The van der Waals surface area contributed by atoms with Gasteiger partial charge in [-0.3, -0.25) is 4.79 Å². The van der Waals surface area contributed by atoms with Crippen LogP contribution in [0.1, 0.15) is 23.2 Å². The van der Waals surface area contributed by atoms with E-state index in [0.717, 1.165) is 19.4 Å². The average molecular weight is 380 g/mol. The molecule has 0 spiro atoms. The number of benzene rings is 1. The summed E-state index contributed by atoms with van der Waals surface area (Å²) >= 11 is 0. The fraction of sp³-hybridized carbons (Fsp3) is 0.286. The van der Waals surface area contributed by atoms with Crippen LogP contribution in [-0.2, 0) is 14.3 Å². The zero-order valence-corrected chi connectivity index (χ0v) is 15.2. The van der Waals surface area contributed by atoms with Gasteiger partial charge in [0.05, 0.1) is 23.4 Å². The molecule has 1 atom stereocenters. The number of rotatable bonds is 6. The maximum Gasteiger partial charge on any atom is 0.339 e. The summed E-state index contributed by atoms with van der Waals surface area (Å²) in [6, 6.07) is 12.4. The van der Waals surface area contributed by atoms with Crippen molar-refractivity contribution in [2.75, 3.05) is 19.8 Å². The third-order valence-electron chi connectivity index (χ3n) is 4.59. The molecule has 0 bridgehead atoms. The normalized spacial score (nSPS) is 16.2. The monoisotopic (exact) mass is 380 g/mol. The lowest BCUT2D eigenvalue weighted by Gasteiger charge is -2.12. The maximum atomic E-state index is 12.7. The zero-order chi connectivity index (χ0) is 19.3. The molecule has 2 aromatic heterocycles. The topological polar surface area (TPSA) is 90.7 Å². The van der Waals surface area contributed by atoms with Crippen molar-refractivity contribution in [2.24, 2.45) is 0 Å². The largest absolute Gasteiger partial charge is 0.463 e. The van der Waals surface area contributed by atoms with E-state index >= 15 is 0 Å². The standard InChI is InChI=1S/C21H20N2O5/c24-20(22-12-14-5-3-9-26-14)13-28-21(25)16-11-18(19-8-4-10-27-19)23-17-7-2-1-6-15(16)17/h1-2,4,6-8,10-11,14H,3,5,9,12-13H2,(H,22,24). The molecule has 28 heavy (non-hydrogen) atoms. The molecule has 0 saturated carbocycles. The highest BCUT2D eigenvalue weighted by Gasteiger charge is 2.19. The van der Waals surface area contributed by atoms with Crippen molar-refractivity contribution in [3.05, 3.63) is 54.3 Å². The number of para-hydroxylation sites is 1. The summed E-state index contributed by atoms with van der Waals surface area (Å²) in [6.45, 7) is 0.804. The Morgan fingerprint density at radius 2 is 2.11 bits per heavy atom. The van der Waals surface area contributed by atoms with Crippen molar-refractivity contribution in [3.63, 3.8) is 0 Å². The first kappa shape index (κ1) is 18.2. The van der Waals surface area contributed by atoms with Gasteiger partial charge in [-0.05, 0) is 37.1 Å². The predicted molar refractivity (Wildman–Crippen MR) is 102 cm³/mol. The number of carbonyl (C=O) groups excluding carboxylic acids is 2. The minimum atomic E-state index is -0.585. The van der Waals surface area contributed by atoms with Crippen LogP contribution in [0.25, 0.3) is 22.4 Å².